The third-order valence-electron chi connectivity index (χ3n) is 4.65. The third kappa shape index (κ3) is 2.79. The first-order chi connectivity index (χ1) is 10.9. The lowest BCUT2D eigenvalue weighted by atomic mass is 10.00. The summed E-state index contributed by atoms with van der Waals surface area (Å²) in [4.78, 5) is 29.4. The van der Waals surface area contributed by atoms with E-state index >= 15 is 0 Å². The minimum absolute atomic E-state index is 0.267. The number of likely N-dealkylation sites (N-methyl/N-ethyl adjacent to an activating group) is 1. The van der Waals surface area contributed by atoms with Gasteiger partial charge in [0.1, 0.15) is 5.75 Å². The number of carbonyl (C=O) groups excluding carboxylic acids is 2. The Morgan fingerprint density at radius 2 is 2.00 bits per heavy atom. The van der Waals surface area contributed by atoms with Gasteiger partial charge in [-0.2, -0.15) is 0 Å². The Morgan fingerprint density at radius 1 is 1.30 bits per heavy atom. The second kappa shape index (κ2) is 5.85. The van der Waals surface area contributed by atoms with Crippen molar-refractivity contribution in [2.75, 3.05) is 38.0 Å². The number of hydrogen-bond donors (Lipinski definition) is 1. The van der Waals surface area contributed by atoms with Crippen molar-refractivity contribution in [3.63, 3.8) is 0 Å². The van der Waals surface area contributed by atoms with E-state index in [-0.39, 0.29) is 5.91 Å². The van der Waals surface area contributed by atoms with Crippen LogP contribution in [0.2, 0.25) is 0 Å². The minimum atomic E-state index is -1.50. The number of hydrogen-bond acceptors (Lipinski definition) is 4. The molecule has 6 nitrogen and oxygen atoms in total. The molecule has 0 aliphatic carbocycles. The van der Waals surface area contributed by atoms with Crippen molar-refractivity contribution in [3.8, 4) is 5.75 Å². The first kappa shape index (κ1) is 15.8. The highest BCUT2D eigenvalue weighted by Crippen LogP contribution is 2.35. The molecular weight excluding hydrogens is 294 g/mol. The van der Waals surface area contributed by atoms with Crippen molar-refractivity contribution in [1.82, 2.24) is 9.80 Å². The van der Waals surface area contributed by atoms with Crippen molar-refractivity contribution in [3.05, 3.63) is 23.8 Å². The number of nitrogens with zero attached hydrogens (tertiary/aromatic N) is 2. The van der Waals surface area contributed by atoms with Gasteiger partial charge in [-0.25, -0.2) is 0 Å². The van der Waals surface area contributed by atoms with Gasteiger partial charge in [0, 0.05) is 26.2 Å². The van der Waals surface area contributed by atoms with Crippen LogP contribution in [-0.2, 0) is 9.59 Å². The zero-order chi connectivity index (χ0) is 16.6. The second-order valence-corrected chi connectivity index (χ2v) is 6.32. The fourth-order valence-corrected chi connectivity index (χ4v) is 3.05. The van der Waals surface area contributed by atoms with Crippen LogP contribution in [0.1, 0.15) is 19.4 Å². The van der Waals surface area contributed by atoms with Crippen molar-refractivity contribution in [1.29, 1.82) is 0 Å². The summed E-state index contributed by atoms with van der Waals surface area (Å²) in [6.45, 7) is 9.49. The molecule has 1 aromatic rings. The second-order valence-electron chi connectivity index (χ2n) is 6.32. The highest BCUT2D eigenvalue weighted by molar-refractivity contribution is 6.15. The quantitative estimate of drug-likeness (QED) is 0.834. The number of carbonyl (C=O) groups is 2. The molecule has 1 saturated heterocycles. The Morgan fingerprint density at radius 3 is 2.65 bits per heavy atom. The molecule has 0 bridgehead atoms. The van der Waals surface area contributed by atoms with Crippen LogP contribution >= 0.6 is 0 Å². The van der Waals surface area contributed by atoms with Crippen LogP contribution in [0.5, 0.6) is 5.75 Å². The zero-order valence-corrected chi connectivity index (χ0v) is 13.9. The SMILES string of the molecule is CCN1CCN(C(=O)[C@@]2(C)Oc3ccc(C)cc3NC2=O)CC1. The standard InChI is InChI=1S/C17H23N3O3/c1-4-19-7-9-20(10-8-19)16(22)17(3)15(21)18-13-11-12(2)5-6-14(13)23-17/h5-6,11H,4,7-10H2,1-3H3,(H,18,21)/t17-/m0/s1. The normalized spacial score (nSPS) is 24.7. The van der Waals surface area contributed by atoms with E-state index in [0.717, 1.165) is 25.2 Å². The van der Waals surface area contributed by atoms with Gasteiger partial charge in [0.2, 0.25) is 0 Å². The topological polar surface area (TPSA) is 61.9 Å². The fraction of sp³-hybridized carbons (Fsp3) is 0.529. The number of piperazine rings is 1. The maximum Gasteiger partial charge on any atom is 0.278 e. The van der Waals surface area contributed by atoms with E-state index in [9.17, 15) is 9.59 Å². The molecule has 6 heteroatoms. The highest BCUT2D eigenvalue weighted by atomic mass is 16.5. The molecule has 0 radical (unpaired) electrons. The molecule has 2 amide bonds. The Hall–Kier alpha value is -2.08. The summed E-state index contributed by atoms with van der Waals surface area (Å²) in [6.07, 6.45) is 0. The van der Waals surface area contributed by atoms with E-state index < -0.39 is 11.5 Å². The lowest BCUT2D eigenvalue weighted by Crippen LogP contribution is -2.62. The molecule has 0 aromatic heterocycles. The molecule has 1 aromatic carbocycles. The molecule has 1 fully saturated rings. The lowest BCUT2D eigenvalue weighted by molar-refractivity contribution is -0.155. The van der Waals surface area contributed by atoms with Gasteiger partial charge in [0.15, 0.2) is 0 Å². The number of rotatable bonds is 2. The van der Waals surface area contributed by atoms with Crippen molar-refractivity contribution < 1.29 is 14.3 Å². The molecule has 0 spiro atoms. The Bertz CT molecular complexity index is 638. The molecule has 2 aliphatic rings. The minimum Gasteiger partial charge on any atom is -0.466 e. The average Bonchev–Trinajstić information content (AvgIpc) is 2.56. The Balaban J connectivity index is 1.80. The largest absolute Gasteiger partial charge is 0.466 e. The van der Waals surface area contributed by atoms with E-state index in [1.165, 1.54) is 0 Å². The van der Waals surface area contributed by atoms with Crippen LogP contribution in [0.15, 0.2) is 18.2 Å². The van der Waals surface area contributed by atoms with E-state index in [0.29, 0.717) is 24.5 Å². The molecule has 3 rings (SSSR count). The number of aryl methyl sites for hydroxylation is 1. The average molecular weight is 317 g/mol. The van der Waals surface area contributed by atoms with Gasteiger partial charge < -0.3 is 19.9 Å². The third-order valence-corrected chi connectivity index (χ3v) is 4.65. The van der Waals surface area contributed by atoms with Gasteiger partial charge in [0.05, 0.1) is 5.69 Å². The maximum atomic E-state index is 12.9. The summed E-state index contributed by atoms with van der Waals surface area (Å²) in [5.74, 6) is -0.131. The Labute approximate surface area is 136 Å². The lowest BCUT2D eigenvalue weighted by Gasteiger charge is -2.40. The van der Waals surface area contributed by atoms with E-state index in [2.05, 4.69) is 17.1 Å². The summed E-state index contributed by atoms with van der Waals surface area (Å²) < 4.78 is 5.84. The monoisotopic (exact) mass is 317 g/mol. The summed E-state index contributed by atoms with van der Waals surface area (Å²) >= 11 is 0. The van der Waals surface area contributed by atoms with Gasteiger partial charge in [0.25, 0.3) is 17.4 Å². The molecular formula is C17H23N3O3. The van der Waals surface area contributed by atoms with Crippen molar-refractivity contribution in [2.24, 2.45) is 0 Å². The van der Waals surface area contributed by atoms with Crippen molar-refractivity contribution >= 4 is 17.5 Å². The van der Waals surface area contributed by atoms with E-state index in [1.807, 2.05) is 19.1 Å². The first-order valence-corrected chi connectivity index (χ1v) is 8.07. The number of fused-ring (bicyclic) bond motifs is 1. The van der Waals surface area contributed by atoms with Crippen LogP contribution in [-0.4, -0.2) is 59.9 Å². The number of ether oxygens (including phenoxy) is 1. The number of anilines is 1. The highest BCUT2D eigenvalue weighted by Gasteiger charge is 2.49. The summed E-state index contributed by atoms with van der Waals surface area (Å²) in [5, 5.41) is 2.81. The van der Waals surface area contributed by atoms with Gasteiger partial charge in [-0.15, -0.1) is 0 Å². The maximum absolute atomic E-state index is 12.9. The smallest absolute Gasteiger partial charge is 0.278 e. The fourth-order valence-electron chi connectivity index (χ4n) is 3.05. The predicted octanol–water partition coefficient (Wildman–Crippen LogP) is 1.25. The van der Waals surface area contributed by atoms with Crippen LogP contribution in [0.4, 0.5) is 5.69 Å². The van der Waals surface area contributed by atoms with Crippen LogP contribution in [0.25, 0.3) is 0 Å². The van der Waals surface area contributed by atoms with Crippen LogP contribution < -0.4 is 10.1 Å². The molecule has 124 valence electrons. The van der Waals surface area contributed by atoms with Gasteiger partial charge in [-0.1, -0.05) is 13.0 Å². The number of nitrogens with one attached hydrogen (secondary N) is 1. The molecule has 2 heterocycles. The van der Waals surface area contributed by atoms with Crippen molar-refractivity contribution in [2.45, 2.75) is 26.4 Å². The molecule has 0 saturated carbocycles. The molecule has 1 atom stereocenters. The van der Waals surface area contributed by atoms with Crippen LogP contribution in [0.3, 0.4) is 0 Å². The molecule has 23 heavy (non-hydrogen) atoms. The zero-order valence-electron chi connectivity index (χ0n) is 13.9. The van der Waals surface area contributed by atoms with Gasteiger partial charge in [-0.05, 0) is 38.1 Å². The predicted molar refractivity (Wildman–Crippen MR) is 87.5 cm³/mol. The summed E-state index contributed by atoms with van der Waals surface area (Å²) in [6, 6.07) is 5.54. The molecule has 1 N–H and O–H groups in total. The molecule has 0 unspecified atom stereocenters. The van der Waals surface area contributed by atoms with E-state index in [1.54, 1.807) is 17.9 Å². The first-order valence-electron chi connectivity index (χ1n) is 8.07. The van der Waals surface area contributed by atoms with Gasteiger partial charge >= 0.3 is 0 Å². The summed E-state index contributed by atoms with van der Waals surface area (Å²) in [5.41, 5.74) is 0.144. The van der Waals surface area contributed by atoms with E-state index in [4.69, 9.17) is 4.74 Å². The molecule has 2 aliphatic heterocycles. The summed E-state index contributed by atoms with van der Waals surface area (Å²) in [7, 11) is 0. The number of amides is 2. The van der Waals surface area contributed by atoms with Crippen LogP contribution in [0, 0.1) is 6.92 Å². The van der Waals surface area contributed by atoms with Gasteiger partial charge in [-0.3, -0.25) is 9.59 Å². The Kier molecular flexibility index (Phi) is 4.02. The number of benzene rings is 1.